The molecule has 3 nitrogen and oxygen atoms in total. The predicted molar refractivity (Wildman–Crippen MR) is 72.3 cm³/mol. The van der Waals surface area contributed by atoms with E-state index in [-0.39, 0.29) is 0 Å². The molecule has 1 aliphatic rings. The van der Waals surface area contributed by atoms with Gasteiger partial charge < -0.3 is 9.84 Å². The number of carbonyl (C=O) groups is 1. The van der Waals surface area contributed by atoms with Crippen molar-refractivity contribution in [3.05, 3.63) is 54.1 Å². The summed E-state index contributed by atoms with van der Waals surface area (Å²) in [5.41, 5.74) is 1.05. The molecule has 0 unspecified atom stereocenters. The highest BCUT2D eigenvalue weighted by atomic mass is 16.5. The molecule has 2 rings (SSSR count). The van der Waals surface area contributed by atoms with Crippen molar-refractivity contribution in [3.8, 4) is 0 Å². The SMILES string of the molecule is C1CCOC1.O=C(O)C=CC=Cc1ccccc1. The van der Waals surface area contributed by atoms with Gasteiger partial charge in [0.2, 0.25) is 0 Å². The highest BCUT2D eigenvalue weighted by molar-refractivity contribution is 5.80. The van der Waals surface area contributed by atoms with Gasteiger partial charge in [0.1, 0.15) is 0 Å². The lowest BCUT2D eigenvalue weighted by Gasteiger charge is -1.87. The zero-order chi connectivity index (χ0) is 13.1. The first kappa shape index (κ1) is 14.2. The molecule has 1 N–H and O–H groups in total. The van der Waals surface area contributed by atoms with E-state index in [1.54, 1.807) is 6.08 Å². The molecular weight excluding hydrogens is 228 g/mol. The van der Waals surface area contributed by atoms with Gasteiger partial charge in [0, 0.05) is 19.3 Å². The van der Waals surface area contributed by atoms with Gasteiger partial charge in [0.15, 0.2) is 0 Å². The fourth-order valence-electron chi connectivity index (χ4n) is 1.38. The number of carboxylic acid groups (broad SMARTS) is 1. The monoisotopic (exact) mass is 246 g/mol. The van der Waals surface area contributed by atoms with E-state index in [9.17, 15) is 4.79 Å². The van der Waals surface area contributed by atoms with Crippen molar-refractivity contribution in [1.82, 2.24) is 0 Å². The van der Waals surface area contributed by atoms with Crippen LogP contribution in [0.2, 0.25) is 0 Å². The Labute approximate surface area is 107 Å². The van der Waals surface area contributed by atoms with Crippen LogP contribution in [0.5, 0.6) is 0 Å². The standard InChI is InChI=1S/C11H10O2.C4H8O/c12-11(13)9-5-4-8-10-6-2-1-3-7-10;1-2-4-5-3-1/h1-9H,(H,12,13);1-4H2. The third-order valence-electron chi connectivity index (χ3n) is 2.27. The van der Waals surface area contributed by atoms with Gasteiger partial charge in [0.05, 0.1) is 0 Å². The third-order valence-corrected chi connectivity index (χ3v) is 2.27. The van der Waals surface area contributed by atoms with Gasteiger partial charge in [-0.15, -0.1) is 0 Å². The van der Waals surface area contributed by atoms with Crippen LogP contribution in [0.4, 0.5) is 0 Å². The average Bonchev–Trinajstić information content (AvgIpc) is 2.95. The summed E-state index contributed by atoms with van der Waals surface area (Å²) in [6, 6.07) is 9.70. The highest BCUT2D eigenvalue weighted by Crippen LogP contribution is 2.00. The summed E-state index contributed by atoms with van der Waals surface area (Å²) >= 11 is 0. The number of carboxylic acids is 1. The highest BCUT2D eigenvalue weighted by Gasteiger charge is 1.94. The lowest BCUT2D eigenvalue weighted by molar-refractivity contribution is -0.131. The maximum Gasteiger partial charge on any atom is 0.328 e. The Bertz CT molecular complexity index is 382. The molecule has 96 valence electrons. The normalized spacial score (nSPS) is 14.7. The van der Waals surface area contributed by atoms with Crippen LogP contribution < -0.4 is 0 Å². The maximum absolute atomic E-state index is 10.1. The van der Waals surface area contributed by atoms with Crippen molar-refractivity contribution in [2.45, 2.75) is 12.8 Å². The van der Waals surface area contributed by atoms with Crippen molar-refractivity contribution >= 4 is 12.0 Å². The van der Waals surface area contributed by atoms with Crippen molar-refractivity contribution in [1.29, 1.82) is 0 Å². The van der Waals surface area contributed by atoms with Crippen LogP contribution in [0.25, 0.3) is 6.08 Å². The minimum Gasteiger partial charge on any atom is -0.478 e. The second-order valence-electron chi connectivity index (χ2n) is 3.79. The fraction of sp³-hybridized carbons (Fsp3) is 0.267. The Morgan fingerprint density at radius 1 is 1.11 bits per heavy atom. The van der Waals surface area contributed by atoms with Crippen molar-refractivity contribution in [3.63, 3.8) is 0 Å². The Kier molecular flexibility index (Phi) is 7.25. The number of hydrogen-bond donors (Lipinski definition) is 1. The number of rotatable bonds is 3. The van der Waals surface area contributed by atoms with E-state index >= 15 is 0 Å². The number of aliphatic carboxylic acids is 1. The molecule has 1 heterocycles. The topological polar surface area (TPSA) is 46.5 Å². The molecule has 1 fully saturated rings. The van der Waals surface area contributed by atoms with Gasteiger partial charge in [-0.05, 0) is 18.4 Å². The second-order valence-corrected chi connectivity index (χ2v) is 3.79. The van der Waals surface area contributed by atoms with Crippen LogP contribution >= 0.6 is 0 Å². The molecule has 0 atom stereocenters. The van der Waals surface area contributed by atoms with E-state index in [0.717, 1.165) is 24.9 Å². The van der Waals surface area contributed by atoms with Crippen LogP contribution in [0.3, 0.4) is 0 Å². The summed E-state index contributed by atoms with van der Waals surface area (Å²) in [4.78, 5) is 10.1. The van der Waals surface area contributed by atoms with Crippen molar-refractivity contribution < 1.29 is 14.6 Å². The largest absolute Gasteiger partial charge is 0.478 e. The predicted octanol–water partition coefficient (Wildman–Crippen LogP) is 3.14. The molecule has 1 aromatic rings. The summed E-state index contributed by atoms with van der Waals surface area (Å²) in [7, 11) is 0. The van der Waals surface area contributed by atoms with E-state index in [0.29, 0.717) is 0 Å². The van der Waals surface area contributed by atoms with E-state index in [4.69, 9.17) is 9.84 Å². The zero-order valence-electron chi connectivity index (χ0n) is 10.3. The van der Waals surface area contributed by atoms with Gasteiger partial charge in [-0.25, -0.2) is 4.79 Å². The summed E-state index contributed by atoms with van der Waals surface area (Å²) in [6.07, 6.45) is 8.69. The first-order valence-corrected chi connectivity index (χ1v) is 5.99. The molecule has 0 radical (unpaired) electrons. The van der Waals surface area contributed by atoms with Crippen LogP contribution in [-0.2, 0) is 9.53 Å². The first-order chi connectivity index (χ1) is 8.79. The lowest BCUT2D eigenvalue weighted by atomic mass is 10.2. The number of hydrogen-bond acceptors (Lipinski definition) is 2. The van der Waals surface area contributed by atoms with E-state index in [1.165, 1.54) is 18.9 Å². The van der Waals surface area contributed by atoms with Crippen molar-refractivity contribution in [2.24, 2.45) is 0 Å². The third kappa shape index (κ3) is 7.41. The number of ether oxygens (including phenoxy) is 1. The molecule has 0 aliphatic carbocycles. The van der Waals surface area contributed by atoms with Gasteiger partial charge in [0.25, 0.3) is 0 Å². The number of allylic oxidation sites excluding steroid dienone is 2. The zero-order valence-corrected chi connectivity index (χ0v) is 10.3. The summed E-state index contributed by atoms with van der Waals surface area (Å²) in [5.74, 6) is -0.933. The van der Waals surface area contributed by atoms with E-state index in [1.807, 2.05) is 36.4 Å². The van der Waals surface area contributed by atoms with Gasteiger partial charge in [-0.3, -0.25) is 0 Å². The van der Waals surface area contributed by atoms with Crippen LogP contribution in [0, 0.1) is 0 Å². The Hall–Kier alpha value is -1.87. The molecule has 0 spiro atoms. The molecule has 0 bridgehead atoms. The van der Waals surface area contributed by atoms with Crippen molar-refractivity contribution in [2.75, 3.05) is 13.2 Å². The van der Waals surface area contributed by atoms with E-state index in [2.05, 4.69) is 0 Å². The smallest absolute Gasteiger partial charge is 0.328 e. The molecule has 18 heavy (non-hydrogen) atoms. The van der Waals surface area contributed by atoms with E-state index < -0.39 is 5.97 Å². The van der Waals surface area contributed by atoms with Gasteiger partial charge in [-0.1, -0.05) is 48.6 Å². The summed E-state index contributed by atoms with van der Waals surface area (Å²) in [6.45, 7) is 2.00. The molecule has 3 heteroatoms. The fourth-order valence-corrected chi connectivity index (χ4v) is 1.38. The maximum atomic E-state index is 10.1. The molecule has 0 saturated carbocycles. The summed E-state index contributed by atoms with van der Waals surface area (Å²) in [5, 5.41) is 8.29. The molecular formula is C15H18O3. The molecule has 1 aliphatic heterocycles. The van der Waals surface area contributed by atoms with Gasteiger partial charge >= 0.3 is 5.97 Å². The van der Waals surface area contributed by atoms with Crippen LogP contribution in [0.1, 0.15) is 18.4 Å². The molecule has 1 aromatic carbocycles. The molecule has 1 saturated heterocycles. The summed E-state index contributed by atoms with van der Waals surface area (Å²) < 4.78 is 4.94. The Morgan fingerprint density at radius 3 is 2.28 bits per heavy atom. The van der Waals surface area contributed by atoms with Gasteiger partial charge in [-0.2, -0.15) is 0 Å². The quantitative estimate of drug-likeness (QED) is 0.658. The average molecular weight is 246 g/mol. The minimum absolute atomic E-state index is 0.933. The van der Waals surface area contributed by atoms with Crippen LogP contribution in [0.15, 0.2) is 48.6 Å². The minimum atomic E-state index is -0.933. The second kappa shape index (κ2) is 9.19. The molecule has 0 aromatic heterocycles. The first-order valence-electron chi connectivity index (χ1n) is 5.99. The Morgan fingerprint density at radius 2 is 1.78 bits per heavy atom. The molecule has 0 amide bonds. The Balaban J connectivity index is 0.000000269. The lowest BCUT2D eigenvalue weighted by Crippen LogP contribution is -1.84. The van der Waals surface area contributed by atoms with Crippen LogP contribution in [-0.4, -0.2) is 24.3 Å². The number of benzene rings is 1.